The van der Waals surface area contributed by atoms with E-state index in [2.05, 4.69) is 126 Å². The third-order valence-electron chi connectivity index (χ3n) is 9.98. The summed E-state index contributed by atoms with van der Waals surface area (Å²) in [4.78, 5) is 9.37. The van der Waals surface area contributed by atoms with Gasteiger partial charge in [-0.1, -0.05) is 115 Å². The SMILES string of the molecule is c1ccc(-c2cncc(-c3cc4c(c5ccccc35)-c3ccc5ccccc5c3C43c4ccccc4-c4ccccc43)c2)nc1. The number of hydrogen-bond acceptors (Lipinski definition) is 2. The van der Waals surface area contributed by atoms with Gasteiger partial charge in [-0.2, -0.15) is 0 Å². The van der Waals surface area contributed by atoms with Crippen molar-refractivity contribution in [2.24, 2.45) is 0 Å². The van der Waals surface area contributed by atoms with Crippen molar-refractivity contribution < 1.29 is 0 Å². The molecule has 208 valence electrons. The third-order valence-corrected chi connectivity index (χ3v) is 9.98. The second-order valence-corrected chi connectivity index (χ2v) is 12.1. The quantitative estimate of drug-likeness (QED) is 0.207. The van der Waals surface area contributed by atoms with Crippen molar-refractivity contribution in [1.82, 2.24) is 9.97 Å². The van der Waals surface area contributed by atoms with Crippen LogP contribution in [0.4, 0.5) is 0 Å². The van der Waals surface area contributed by atoms with Crippen LogP contribution in [0.25, 0.3) is 66.2 Å². The van der Waals surface area contributed by atoms with E-state index in [-0.39, 0.29) is 0 Å². The van der Waals surface area contributed by atoms with E-state index >= 15 is 0 Å². The molecule has 0 saturated heterocycles. The molecule has 2 aromatic heterocycles. The maximum absolute atomic E-state index is 4.74. The lowest BCUT2D eigenvalue weighted by Crippen LogP contribution is -2.26. The first-order valence-electron chi connectivity index (χ1n) is 15.5. The number of fused-ring (bicyclic) bond motifs is 14. The number of nitrogens with zero attached hydrogens (tertiary/aromatic N) is 2. The smallest absolute Gasteiger partial charge is 0.0731 e. The van der Waals surface area contributed by atoms with Gasteiger partial charge in [0.15, 0.2) is 0 Å². The Morgan fingerprint density at radius 2 is 1.11 bits per heavy atom. The molecule has 2 heteroatoms. The van der Waals surface area contributed by atoms with Crippen molar-refractivity contribution in [2.75, 3.05) is 0 Å². The van der Waals surface area contributed by atoms with Crippen LogP contribution in [0.2, 0.25) is 0 Å². The van der Waals surface area contributed by atoms with Gasteiger partial charge in [0.2, 0.25) is 0 Å². The van der Waals surface area contributed by atoms with E-state index in [0.29, 0.717) is 0 Å². The largest absolute Gasteiger partial charge is 0.263 e. The van der Waals surface area contributed by atoms with E-state index in [0.717, 1.165) is 16.8 Å². The summed E-state index contributed by atoms with van der Waals surface area (Å²) in [7, 11) is 0. The Bertz CT molecular complexity index is 2450. The summed E-state index contributed by atoms with van der Waals surface area (Å²) in [5, 5.41) is 5.07. The summed E-state index contributed by atoms with van der Waals surface area (Å²) in [6, 6.07) is 51.3. The monoisotopic (exact) mass is 570 g/mol. The van der Waals surface area contributed by atoms with Crippen molar-refractivity contribution in [3.8, 4) is 44.6 Å². The second kappa shape index (κ2) is 9.07. The van der Waals surface area contributed by atoms with Gasteiger partial charge in [0.05, 0.1) is 11.1 Å². The minimum absolute atomic E-state index is 0.455. The summed E-state index contributed by atoms with van der Waals surface area (Å²) < 4.78 is 0. The van der Waals surface area contributed by atoms with Crippen molar-refractivity contribution in [1.29, 1.82) is 0 Å². The fourth-order valence-corrected chi connectivity index (χ4v) is 8.27. The molecule has 0 radical (unpaired) electrons. The molecule has 10 rings (SSSR count). The highest BCUT2D eigenvalue weighted by Gasteiger charge is 2.53. The van der Waals surface area contributed by atoms with Crippen LogP contribution in [0.3, 0.4) is 0 Å². The lowest BCUT2D eigenvalue weighted by atomic mass is 9.69. The molecule has 0 bridgehead atoms. The highest BCUT2D eigenvalue weighted by Crippen LogP contribution is 2.65. The van der Waals surface area contributed by atoms with Crippen LogP contribution in [0.1, 0.15) is 22.3 Å². The maximum atomic E-state index is 4.74. The van der Waals surface area contributed by atoms with Crippen LogP contribution in [-0.2, 0) is 5.41 Å². The minimum atomic E-state index is -0.455. The molecular formula is C43H26N2. The Labute approximate surface area is 261 Å². The molecule has 2 aliphatic carbocycles. The Hall–Kier alpha value is -5.86. The Morgan fingerprint density at radius 1 is 0.444 bits per heavy atom. The molecule has 0 fully saturated rings. The van der Waals surface area contributed by atoms with E-state index in [4.69, 9.17) is 4.98 Å². The molecule has 2 aliphatic rings. The average Bonchev–Trinajstić information content (AvgIpc) is 3.59. The third kappa shape index (κ3) is 3.18. The molecule has 0 saturated carbocycles. The van der Waals surface area contributed by atoms with Crippen LogP contribution < -0.4 is 0 Å². The lowest BCUT2D eigenvalue weighted by molar-refractivity contribution is 0.802. The topological polar surface area (TPSA) is 25.8 Å². The molecule has 0 amide bonds. The summed E-state index contributed by atoms with van der Waals surface area (Å²) in [5.74, 6) is 0. The molecule has 8 aromatic rings. The average molecular weight is 571 g/mol. The zero-order valence-electron chi connectivity index (χ0n) is 24.4. The van der Waals surface area contributed by atoms with Crippen LogP contribution in [0, 0.1) is 0 Å². The standard InChI is InChI=1S/C43H26N2/c1-2-12-30-27(11-1)20-21-35-41-34-16-4-3-13-31(34)36(28-23-29(26-44-25-28)40-19-9-10-22-45-40)24-39(41)43(42(30)35)37-17-7-5-14-32(37)33-15-6-8-18-38(33)43/h1-26H. The number of hydrogen-bond donors (Lipinski definition) is 0. The fourth-order valence-electron chi connectivity index (χ4n) is 8.27. The molecule has 1 spiro atoms. The molecule has 0 atom stereocenters. The van der Waals surface area contributed by atoms with Gasteiger partial charge in [0.1, 0.15) is 0 Å². The molecule has 6 aromatic carbocycles. The number of pyridine rings is 2. The summed E-state index contributed by atoms with van der Waals surface area (Å²) >= 11 is 0. The Morgan fingerprint density at radius 3 is 1.89 bits per heavy atom. The number of aromatic nitrogens is 2. The molecule has 2 heterocycles. The van der Waals surface area contributed by atoms with Crippen LogP contribution in [-0.4, -0.2) is 9.97 Å². The first-order chi connectivity index (χ1) is 22.3. The van der Waals surface area contributed by atoms with Crippen LogP contribution in [0.15, 0.2) is 158 Å². The predicted octanol–water partition coefficient (Wildman–Crippen LogP) is 10.5. The summed E-state index contributed by atoms with van der Waals surface area (Å²) in [6.45, 7) is 0. The van der Waals surface area contributed by atoms with E-state index in [1.165, 1.54) is 71.6 Å². The van der Waals surface area contributed by atoms with Gasteiger partial charge in [-0.25, -0.2) is 0 Å². The van der Waals surface area contributed by atoms with Gasteiger partial charge in [0.25, 0.3) is 0 Å². The van der Waals surface area contributed by atoms with Gasteiger partial charge in [0, 0.05) is 29.7 Å². The van der Waals surface area contributed by atoms with Gasteiger partial charge in [-0.15, -0.1) is 0 Å². The Balaban J connectivity index is 1.39. The maximum Gasteiger partial charge on any atom is 0.0731 e. The first-order valence-corrected chi connectivity index (χ1v) is 15.5. The minimum Gasteiger partial charge on any atom is -0.263 e. The van der Waals surface area contributed by atoms with E-state index in [9.17, 15) is 0 Å². The van der Waals surface area contributed by atoms with Gasteiger partial charge in [-0.3, -0.25) is 9.97 Å². The predicted molar refractivity (Wildman–Crippen MR) is 184 cm³/mol. The zero-order valence-corrected chi connectivity index (χ0v) is 24.4. The van der Waals surface area contributed by atoms with Crippen molar-refractivity contribution in [3.63, 3.8) is 0 Å². The number of rotatable bonds is 2. The highest BCUT2D eigenvalue weighted by atomic mass is 14.7. The van der Waals surface area contributed by atoms with Gasteiger partial charge in [-0.05, 0) is 95.9 Å². The second-order valence-electron chi connectivity index (χ2n) is 12.1. The van der Waals surface area contributed by atoms with Crippen molar-refractivity contribution in [3.05, 3.63) is 180 Å². The van der Waals surface area contributed by atoms with Crippen molar-refractivity contribution in [2.45, 2.75) is 5.41 Å². The molecule has 0 N–H and O–H groups in total. The highest BCUT2D eigenvalue weighted by molar-refractivity contribution is 6.14. The molecule has 45 heavy (non-hydrogen) atoms. The fraction of sp³-hybridized carbons (Fsp3) is 0.0233. The lowest BCUT2D eigenvalue weighted by Gasteiger charge is -2.32. The summed E-state index contributed by atoms with van der Waals surface area (Å²) in [5.41, 5.74) is 14.5. The van der Waals surface area contributed by atoms with Crippen LogP contribution in [0.5, 0.6) is 0 Å². The first kappa shape index (κ1) is 24.6. The number of benzene rings is 6. The molecular weight excluding hydrogens is 544 g/mol. The summed E-state index contributed by atoms with van der Waals surface area (Å²) in [6.07, 6.45) is 5.75. The van der Waals surface area contributed by atoms with E-state index in [1.54, 1.807) is 0 Å². The molecule has 0 unspecified atom stereocenters. The molecule has 2 nitrogen and oxygen atoms in total. The van der Waals surface area contributed by atoms with Crippen molar-refractivity contribution >= 4 is 21.5 Å². The molecule has 0 aliphatic heterocycles. The van der Waals surface area contributed by atoms with E-state index in [1.807, 2.05) is 36.8 Å². The van der Waals surface area contributed by atoms with Crippen LogP contribution >= 0.6 is 0 Å². The normalized spacial score (nSPS) is 13.5. The van der Waals surface area contributed by atoms with Gasteiger partial charge >= 0.3 is 0 Å². The van der Waals surface area contributed by atoms with E-state index < -0.39 is 5.41 Å². The van der Waals surface area contributed by atoms with Gasteiger partial charge < -0.3 is 0 Å². The zero-order chi connectivity index (χ0) is 29.5. The Kier molecular flexibility index (Phi) is 4.95.